The highest BCUT2D eigenvalue weighted by atomic mass is 32.2. The maximum Gasteiger partial charge on any atom is 0.229 e. The smallest absolute Gasteiger partial charge is 0.229 e. The molecule has 4 aliphatic rings. The number of benzene rings is 2. The Bertz CT molecular complexity index is 1240. The number of methoxy groups -OCH3 is 1. The van der Waals surface area contributed by atoms with Crippen LogP contribution in [0.4, 0.5) is 0 Å². The minimum absolute atomic E-state index is 0.0166. The summed E-state index contributed by atoms with van der Waals surface area (Å²) in [6.07, 6.45) is 3.89. The third-order valence-electron chi connectivity index (χ3n) is 9.43. The molecule has 1 N–H and O–H groups in total. The maximum absolute atomic E-state index is 13.9. The Morgan fingerprint density at radius 3 is 2.32 bits per heavy atom. The topological polar surface area (TPSA) is 79.0 Å². The SMILES string of the molecule is COc1ccc(CN2CCC3(CCN(C([C@@H]4CNC[C@@H]4c4ccccc4)S(=O)(=O)C4CC4)CC3)C2=O)cc1. The zero-order chi connectivity index (χ0) is 26.3. The van der Waals surface area contributed by atoms with Crippen LogP contribution in [0.25, 0.3) is 0 Å². The van der Waals surface area contributed by atoms with Gasteiger partial charge in [0.05, 0.1) is 17.8 Å². The molecule has 0 aromatic heterocycles. The zero-order valence-electron chi connectivity index (χ0n) is 22.2. The molecular weight excluding hydrogens is 498 g/mol. The molecule has 3 saturated heterocycles. The number of hydrogen-bond donors (Lipinski definition) is 1. The van der Waals surface area contributed by atoms with Crippen molar-refractivity contribution in [1.29, 1.82) is 0 Å². The molecule has 2 aromatic carbocycles. The predicted molar refractivity (Wildman–Crippen MR) is 148 cm³/mol. The average Bonchev–Trinajstić information content (AvgIpc) is 3.65. The summed E-state index contributed by atoms with van der Waals surface area (Å²) in [6, 6.07) is 18.3. The lowest BCUT2D eigenvalue weighted by Crippen LogP contribution is -2.54. The number of hydrogen-bond acceptors (Lipinski definition) is 6. The predicted octanol–water partition coefficient (Wildman–Crippen LogP) is 3.42. The highest BCUT2D eigenvalue weighted by molar-refractivity contribution is 7.92. The second-order valence-electron chi connectivity index (χ2n) is 11.7. The van der Waals surface area contributed by atoms with E-state index in [-0.39, 0.29) is 28.4 Å². The van der Waals surface area contributed by atoms with Gasteiger partial charge < -0.3 is 15.0 Å². The van der Waals surface area contributed by atoms with E-state index in [1.54, 1.807) is 7.11 Å². The van der Waals surface area contributed by atoms with Gasteiger partial charge in [-0.1, -0.05) is 42.5 Å². The van der Waals surface area contributed by atoms with Crippen molar-refractivity contribution in [2.45, 2.75) is 55.2 Å². The molecule has 2 aromatic rings. The van der Waals surface area contributed by atoms with Crippen LogP contribution in [-0.4, -0.2) is 74.6 Å². The van der Waals surface area contributed by atoms with Crippen molar-refractivity contribution in [2.24, 2.45) is 11.3 Å². The van der Waals surface area contributed by atoms with E-state index in [2.05, 4.69) is 22.3 Å². The standard InChI is InChI=1S/C30H39N3O4S/c1-37-24-9-7-22(8-10-24)21-33-18-15-30(29(33)34)13-16-32(17-14-30)28(38(35,36)25-11-12-25)27-20-31-19-26(27)23-5-3-2-4-6-23/h2-10,25-28,31H,11-21H2,1H3/t26-,27-,28?/m1/s1. The fraction of sp³-hybridized carbons (Fsp3) is 0.567. The lowest BCUT2D eigenvalue weighted by Gasteiger charge is -2.44. The molecule has 0 bridgehead atoms. The quantitative estimate of drug-likeness (QED) is 0.556. The molecule has 1 unspecified atom stereocenters. The Labute approximate surface area is 226 Å². The molecule has 1 saturated carbocycles. The van der Waals surface area contributed by atoms with E-state index in [4.69, 9.17) is 4.74 Å². The second kappa shape index (κ2) is 10.3. The van der Waals surface area contributed by atoms with E-state index in [0.717, 1.165) is 56.5 Å². The van der Waals surface area contributed by atoms with Gasteiger partial charge in [0.15, 0.2) is 9.84 Å². The van der Waals surface area contributed by atoms with Crippen molar-refractivity contribution in [3.8, 4) is 5.75 Å². The van der Waals surface area contributed by atoms with Crippen LogP contribution in [-0.2, 0) is 21.2 Å². The molecule has 6 rings (SSSR count). The average molecular weight is 538 g/mol. The van der Waals surface area contributed by atoms with Crippen LogP contribution in [0.15, 0.2) is 54.6 Å². The number of nitrogens with zero attached hydrogens (tertiary/aromatic N) is 2. The molecule has 3 heterocycles. The first-order chi connectivity index (χ1) is 18.4. The number of sulfone groups is 1. The molecule has 7 nitrogen and oxygen atoms in total. The van der Waals surface area contributed by atoms with Crippen molar-refractivity contribution < 1.29 is 17.9 Å². The van der Waals surface area contributed by atoms with Crippen LogP contribution in [0.1, 0.15) is 49.1 Å². The van der Waals surface area contributed by atoms with Gasteiger partial charge in [0, 0.05) is 51.1 Å². The normalized spacial score (nSPS) is 26.7. The van der Waals surface area contributed by atoms with Gasteiger partial charge in [-0.05, 0) is 55.4 Å². The van der Waals surface area contributed by atoms with E-state index in [1.165, 1.54) is 5.56 Å². The summed E-state index contributed by atoms with van der Waals surface area (Å²) in [5, 5.41) is 2.82. The van der Waals surface area contributed by atoms with Gasteiger partial charge >= 0.3 is 0 Å². The molecule has 8 heteroatoms. The Balaban J connectivity index is 1.18. The third-order valence-corrected chi connectivity index (χ3v) is 12.2. The number of carbonyl (C=O) groups excluding carboxylic acids is 1. The summed E-state index contributed by atoms with van der Waals surface area (Å²) in [7, 11) is -1.62. The Hall–Kier alpha value is -2.42. The fourth-order valence-electron chi connectivity index (χ4n) is 7.05. The van der Waals surface area contributed by atoms with Gasteiger partial charge in [-0.25, -0.2) is 8.42 Å². The largest absolute Gasteiger partial charge is 0.497 e. The summed E-state index contributed by atoms with van der Waals surface area (Å²) in [4.78, 5) is 17.9. The number of amides is 1. The van der Waals surface area contributed by atoms with E-state index in [1.807, 2.05) is 47.4 Å². The highest BCUT2D eigenvalue weighted by Crippen LogP contribution is 2.46. The lowest BCUT2D eigenvalue weighted by molar-refractivity contribution is -0.139. The highest BCUT2D eigenvalue weighted by Gasteiger charge is 2.54. The molecule has 204 valence electrons. The number of carbonyl (C=O) groups is 1. The first-order valence-corrected chi connectivity index (χ1v) is 15.7. The second-order valence-corrected chi connectivity index (χ2v) is 14.0. The van der Waals surface area contributed by atoms with Crippen LogP contribution < -0.4 is 10.1 Å². The van der Waals surface area contributed by atoms with Gasteiger partial charge in [-0.3, -0.25) is 9.69 Å². The van der Waals surface area contributed by atoms with Crippen LogP contribution in [0, 0.1) is 11.3 Å². The van der Waals surface area contributed by atoms with E-state index < -0.39 is 15.2 Å². The van der Waals surface area contributed by atoms with Gasteiger partial charge in [0.1, 0.15) is 11.1 Å². The monoisotopic (exact) mass is 537 g/mol. The van der Waals surface area contributed by atoms with Crippen molar-refractivity contribution in [3.05, 3.63) is 65.7 Å². The van der Waals surface area contributed by atoms with Crippen LogP contribution in [0.5, 0.6) is 5.75 Å². The summed E-state index contributed by atoms with van der Waals surface area (Å²) >= 11 is 0. The van der Waals surface area contributed by atoms with Crippen LogP contribution >= 0.6 is 0 Å². The van der Waals surface area contributed by atoms with E-state index >= 15 is 0 Å². The minimum Gasteiger partial charge on any atom is -0.497 e. The molecule has 1 aliphatic carbocycles. The van der Waals surface area contributed by atoms with Gasteiger partial charge in [0.25, 0.3) is 0 Å². The summed E-state index contributed by atoms with van der Waals surface area (Å²) in [5.74, 6) is 1.24. The molecule has 3 aliphatic heterocycles. The summed E-state index contributed by atoms with van der Waals surface area (Å²) in [5.41, 5.74) is 1.96. The summed E-state index contributed by atoms with van der Waals surface area (Å²) < 4.78 is 33.0. The number of rotatable bonds is 8. The van der Waals surface area contributed by atoms with Crippen molar-refractivity contribution >= 4 is 15.7 Å². The molecule has 1 amide bonds. The minimum atomic E-state index is -3.28. The van der Waals surface area contributed by atoms with Crippen molar-refractivity contribution in [3.63, 3.8) is 0 Å². The molecular formula is C30H39N3O4S. The Morgan fingerprint density at radius 1 is 0.974 bits per heavy atom. The molecule has 38 heavy (non-hydrogen) atoms. The molecule has 0 radical (unpaired) electrons. The van der Waals surface area contributed by atoms with E-state index in [9.17, 15) is 13.2 Å². The van der Waals surface area contributed by atoms with Crippen LogP contribution in [0.2, 0.25) is 0 Å². The number of nitrogens with one attached hydrogen (secondary N) is 1. The third kappa shape index (κ3) is 4.75. The zero-order valence-corrected chi connectivity index (χ0v) is 23.0. The maximum atomic E-state index is 13.9. The lowest BCUT2D eigenvalue weighted by atomic mass is 9.76. The van der Waals surface area contributed by atoms with E-state index in [0.29, 0.717) is 26.2 Å². The fourth-order valence-corrected chi connectivity index (χ4v) is 9.63. The molecule has 4 fully saturated rings. The first kappa shape index (κ1) is 25.8. The van der Waals surface area contributed by atoms with Crippen LogP contribution in [0.3, 0.4) is 0 Å². The number of ether oxygens (including phenoxy) is 1. The molecule has 3 atom stereocenters. The molecule has 1 spiro atoms. The first-order valence-electron chi connectivity index (χ1n) is 14.1. The van der Waals surface area contributed by atoms with Crippen molar-refractivity contribution in [2.75, 3.05) is 39.8 Å². The van der Waals surface area contributed by atoms with Gasteiger partial charge in [0.2, 0.25) is 5.91 Å². The van der Waals surface area contributed by atoms with Gasteiger partial charge in [-0.15, -0.1) is 0 Å². The van der Waals surface area contributed by atoms with Crippen molar-refractivity contribution in [1.82, 2.24) is 15.1 Å². The summed E-state index contributed by atoms with van der Waals surface area (Å²) in [6.45, 7) is 4.22. The van der Waals surface area contributed by atoms with Gasteiger partial charge in [-0.2, -0.15) is 0 Å². The Kier molecular flexibility index (Phi) is 6.99. The number of piperidine rings is 1. The Morgan fingerprint density at radius 2 is 1.66 bits per heavy atom. The number of likely N-dealkylation sites (tertiary alicyclic amines) is 2.